The molecule has 2 aromatic heterocycles. The van der Waals surface area contributed by atoms with E-state index in [0.29, 0.717) is 11.1 Å². The third kappa shape index (κ3) is 3.13. The molecule has 0 N–H and O–H groups in total. The van der Waals surface area contributed by atoms with Gasteiger partial charge in [-0.15, -0.1) is 0 Å². The van der Waals surface area contributed by atoms with Gasteiger partial charge in [-0.25, -0.2) is 0 Å². The van der Waals surface area contributed by atoms with Gasteiger partial charge in [-0.1, -0.05) is 5.16 Å². The minimum atomic E-state index is 0.468. The zero-order valence-electron chi connectivity index (χ0n) is 18.9. The Balaban J connectivity index is 0.000000113. The lowest BCUT2D eigenvalue weighted by Gasteiger charge is -2.36. The first-order valence-corrected chi connectivity index (χ1v) is 13.3. The van der Waals surface area contributed by atoms with E-state index >= 15 is 0 Å². The van der Waals surface area contributed by atoms with E-state index in [1.54, 1.807) is 17.7 Å². The van der Waals surface area contributed by atoms with Crippen molar-refractivity contribution in [1.29, 1.82) is 0 Å². The van der Waals surface area contributed by atoms with E-state index in [2.05, 4.69) is 35.2 Å². The van der Waals surface area contributed by atoms with Crippen molar-refractivity contribution in [2.75, 3.05) is 62.2 Å². The van der Waals surface area contributed by atoms with Gasteiger partial charge in [-0.2, -0.15) is 4.37 Å². The number of piperidine rings is 2. The normalized spacial score (nSPS) is 41.4. The maximum absolute atomic E-state index is 5.26. The molecule has 8 heterocycles. The van der Waals surface area contributed by atoms with Crippen molar-refractivity contribution < 1.29 is 4.52 Å². The van der Waals surface area contributed by atoms with Gasteiger partial charge < -0.3 is 14.3 Å². The molecule has 172 valence electrons. The quantitative estimate of drug-likeness (QED) is 0.691. The molecule has 0 saturated carbocycles. The molecule has 0 radical (unpaired) electrons. The molecule has 6 saturated heterocycles. The summed E-state index contributed by atoms with van der Waals surface area (Å²) in [6.07, 6.45) is 12.0. The second-order valence-corrected chi connectivity index (χ2v) is 11.9. The van der Waals surface area contributed by atoms with E-state index in [9.17, 15) is 0 Å². The van der Waals surface area contributed by atoms with Crippen molar-refractivity contribution >= 4 is 22.4 Å². The van der Waals surface area contributed by atoms with Crippen molar-refractivity contribution in [3.05, 3.63) is 24.5 Å². The summed E-state index contributed by atoms with van der Waals surface area (Å²) in [5.74, 6) is 2.91. The lowest BCUT2D eigenvalue weighted by Crippen LogP contribution is -2.46. The van der Waals surface area contributed by atoms with Gasteiger partial charge in [-0.05, 0) is 81.0 Å². The van der Waals surface area contributed by atoms with Crippen LogP contribution >= 0.6 is 11.5 Å². The maximum Gasteiger partial charge on any atom is 0.227 e. The van der Waals surface area contributed by atoms with Crippen LogP contribution in [0.5, 0.6) is 0 Å². The molecule has 0 aliphatic carbocycles. The lowest BCUT2D eigenvalue weighted by atomic mass is 9.87. The van der Waals surface area contributed by atoms with Gasteiger partial charge in [0.25, 0.3) is 0 Å². The number of fused-ring (bicyclic) bond motifs is 6. The summed E-state index contributed by atoms with van der Waals surface area (Å²) < 4.78 is 9.47. The second kappa shape index (κ2) is 7.43. The Hall–Kier alpha value is -1.64. The summed E-state index contributed by atoms with van der Waals surface area (Å²) in [6.45, 7) is 10.1. The Morgan fingerprint density at radius 1 is 0.844 bits per heavy atom. The van der Waals surface area contributed by atoms with Crippen molar-refractivity contribution in [3.8, 4) is 0 Å². The average Bonchev–Trinajstić information content (AvgIpc) is 3.66. The summed E-state index contributed by atoms with van der Waals surface area (Å²) in [4.78, 5) is 10.4. The Morgan fingerprint density at radius 3 is 2.06 bits per heavy atom. The van der Waals surface area contributed by atoms with Crippen LogP contribution in [0.15, 0.2) is 29.0 Å². The second-order valence-electron chi connectivity index (χ2n) is 11.1. The van der Waals surface area contributed by atoms with Gasteiger partial charge in [-0.3, -0.25) is 9.80 Å². The first-order chi connectivity index (χ1) is 15.7. The highest BCUT2D eigenvalue weighted by atomic mass is 32.1. The SMILES string of the molecule is c1cc(N2CCC3(CC4CCN3C4)C2)on1.c1cc(N2CCC3(CC4CCN3C4)C2)sn1. The smallest absolute Gasteiger partial charge is 0.227 e. The van der Waals surface area contributed by atoms with Gasteiger partial charge in [0.2, 0.25) is 5.88 Å². The fraction of sp³-hybridized carbons (Fsp3) is 0.750. The molecule has 8 rings (SSSR count). The number of aromatic nitrogens is 2. The summed E-state index contributed by atoms with van der Waals surface area (Å²) in [6, 6.07) is 4.13. The molecular formula is C24H34N6OS. The van der Waals surface area contributed by atoms with E-state index in [1.807, 2.05) is 12.3 Å². The minimum Gasteiger partial charge on any atom is -0.360 e. The molecule has 6 atom stereocenters. The number of rotatable bonds is 2. The highest BCUT2D eigenvalue weighted by molar-refractivity contribution is 7.10. The van der Waals surface area contributed by atoms with Crippen molar-refractivity contribution in [2.24, 2.45) is 11.8 Å². The summed E-state index contributed by atoms with van der Waals surface area (Å²) in [7, 11) is 0. The van der Waals surface area contributed by atoms with Gasteiger partial charge >= 0.3 is 0 Å². The van der Waals surface area contributed by atoms with Gasteiger partial charge in [0.15, 0.2) is 0 Å². The Morgan fingerprint density at radius 2 is 1.53 bits per heavy atom. The first kappa shape index (κ1) is 19.8. The third-order valence-electron chi connectivity index (χ3n) is 9.39. The zero-order chi connectivity index (χ0) is 21.2. The van der Waals surface area contributed by atoms with Crippen LogP contribution in [0.4, 0.5) is 10.9 Å². The minimum absolute atomic E-state index is 0.468. The summed E-state index contributed by atoms with van der Waals surface area (Å²) in [5, 5.41) is 5.16. The number of hydrogen-bond donors (Lipinski definition) is 0. The number of hydrogen-bond acceptors (Lipinski definition) is 8. The molecule has 2 spiro atoms. The molecule has 6 unspecified atom stereocenters. The summed E-state index contributed by atoms with van der Waals surface area (Å²) in [5.41, 5.74) is 1.00. The van der Waals surface area contributed by atoms with E-state index in [-0.39, 0.29) is 0 Å². The van der Waals surface area contributed by atoms with E-state index < -0.39 is 0 Å². The topological polar surface area (TPSA) is 51.9 Å². The monoisotopic (exact) mass is 454 g/mol. The lowest BCUT2D eigenvalue weighted by molar-refractivity contribution is 0.155. The summed E-state index contributed by atoms with van der Waals surface area (Å²) >= 11 is 1.64. The molecule has 7 nitrogen and oxygen atoms in total. The molecule has 4 bridgehead atoms. The van der Waals surface area contributed by atoms with Gasteiger partial charge in [0, 0.05) is 62.6 Å². The van der Waals surface area contributed by atoms with E-state index in [4.69, 9.17) is 4.52 Å². The molecule has 6 aliphatic heterocycles. The molecular weight excluding hydrogens is 420 g/mol. The highest BCUT2D eigenvalue weighted by Crippen LogP contribution is 2.47. The molecule has 8 heteroatoms. The maximum atomic E-state index is 5.26. The number of anilines is 2. The van der Waals surface area contributed by atoms with Crippen molar-refractivity contribution in [1.82, 2.24) is 19.3 Å². The van der Waals surface area contributed by atoms with Crippen LogP contribution < -0.4 is 9.80 Å². The fourth-order valence-electron chi connectivity index (χ4n) is 7.88. The molecule has 6 fully saturated rings. The largest absolute Gasteiger partial charge is 0.360 e. The first-order valence-electron chi connectivity index (χ1n) is 12.5. The van der Waals surface area contributed by atoms with Crippen LogP contribution in [0.25, 0.3) is 0 Å². The van der Waals surface area contributed by atoms with E-state index in [1.165, 1.54) is 82.8 Å². The molecule has 2 aromatic rings. The van der Waals surface area contributed by atoms with E-state index in [0.717, 1.165) is 30.8 Å². The van der Waals surface area contributed by atoms with Crippen molar-refractivity contribution in [2.45, 2.75) is 49.6 Å². The van der Waals surface area contributed by atoms with Crippen LogP contribution in [-0.2, 0) is 0 Å². The Kier molecular flexibility index (Phi) is 4.60. The van der Waals surface area contributed by atoms with Crippen LogP contribution in [0.2, 0.25) is 0 Å². The van der Waals surface area contributed by atoms with Gasteiger partial charge in [0.1, 0.15) is 5.00 Å². The zero-order valence-corrected chi connectivity index (χ0v) is 19.7. The average molecular weight is 455 g/mol. The molecule has 0 amide bonds. The van der Waals surface area contributed by atoms with Crippen LogP contribution in [0.3, 0.4) is 0 Å². The molecule has 32 heavy (non-hydrogen) atoms. The predicted molar refractivity (Wildman–Crippen MR) is 126 cm³/mol. The standard InChI is InChI=1S/C12H17N3O.C12H17N3S/c2*1-4-13-16-11(1)14-6-3-12(9-14)7-10-2-5-15(12)8-10/h2*1,4,10H,2-3,5-9H2. The van der Waals surface area contributed by atoms with Crippen LogP contribution in [0, 0.1) is 11.8 Å². The molecule has 6 aliphatic rings. The number of nitrogens with zero attached hydrogens (tertiary/aromatic N) is 6. The predicted octanol–water partition coefficient (Wildman–Crippen LogP) is 3.17. The Labute approximate surface area is 194 Å². The van der Waals surface area contributed by atoms with Crippen LogP contribution in [-0.4, -0.2) is 82.8 Å². The Bertz CT molecular complexity index is 860. The molecule has 0 aromatic carbocycles. The fourth-order valence-corrected chi connectivity index (χ4v) is 8.50. The highest BCUT2D eigenvalue weighted by Gasteiger charge is 2.53. The van der Waals surface area contributed by atoms with Crippen LogP contribution in [0.1, 0.15) is 38.5 Å². The van der Waals surface area contributed by atoms with Gasteiger partial charge in [0.05, 0.1) is 6.20 Å². The third-order valence-corrected chi connectivity index (χ3v) is 10.2. The van der Waals surface area contributed by atoms with Crippen molar-refractivity contribution in [3.63, 3.8) is 0 Å².